The number of amides is 5. The Morgan fingerprint density at radius 2 is 1.37 bits per heavy atom. The second-order valence-electron chi connectivity index (χ2n) is 20.5. The molecule has 4 rings (SSSR count). The molecule has 5 atom stereocenters. The molecule has 0 bridgehead atoms. The van der Waals surface area contributed by atoms with Crippen LogP contribution in [0.1, 0.15) is 106 Å². The molecule has 0 aromatic heterocycles. The maximum atomic E-state index is 14.2. The normalized spacial score (nSPS) is 16.6. The van der Waals surface area contributed by atoms with Gasteiger partial charge in [-0.25, -0.2) is 14.4 Å². The maximum Gasteiger partial charge on any atom is 0.408 e. The number of carbonyl (C=O) groups is 6. The van der Waals surface area contributed by atoms with Crippen molar-refractivity contribution in [3.63, 3.8) is 0 Å². The molecule has 19 heteroatoms. The van der Waals surface area contributed by atoms with Crippen LogP contribution in [0.5, 0.6) is 5.75 Å². The fourth-order valence-corrected chi connectivity index (χ4v) is 14.5. The summed E-state index contributed by atoms with van der Waals surface area (Å²) in [6.45, 7) is 22.0. The molecule has 0 fully saturated rings. The second-order valence-corrected chi connectivity index (χ2v) is 26.0. The van der Waals surface area contributed by atoms with Crippen molar-refractivity contribution in [3.05, 3.63) is 83.4 Å². The first-order chi connectivity index (χ1) is 32.5. The Balaban J connectivity index is 1.77. The second kappa shape index (κ2) is 23.3. The molecule has 5 amide bonds. The molecule has 3 aromatic carbocycles. The molecule has 18 nitrogen and oxygen atoms in total. The Kier molecular flexibility index (Phi) is 18.8. The van der Waals surface area contributed by atoms with E-state index in [-0.39, 0.29) is 47.5 Å². The highest BCUT2D eigenvalue weighted by Gasteiger charge is 2.55. The van der Waals surface area contributed by atoms with Gasteiger partial charge in [-0.15, -0.1) is 0 Å². The summed E-state index contributed by atoms with van der Waals surface area (Å²) in [7, 11) is -1.20. The molecule has 0 unspecified atom stereocenters. The molecule has 1 aliphatic heterocycles. The van der Waals surface area contributed by atoms with Gasteiger partial charge in [0, 0.05) is 23.1 Å². The highest BCUT2D eigenvalue weighted by molar-refractivity contribution is 6.77. The van der Waals surface area contributed by atoms with E-state index in [2.05, 4.69) is 62.8 Å². The summed E-state index contributed by atoms with van der Waals surface area (Å²) in [5.74, 6) is -3.34. The minimum atomic E-state index is -2.63. The van der Waals surface area contributed by atoms with E-state index < -0.39 is 91.6 Å². The fraction of sp³-hybridized carbons (Fsp3) is 0.529. The minimum absolute atomic E-state index is 0.00579. The lowest BCUT2D eigenvalue weighted by Crippen LogP contribution is -2.60. The van der Waals surface area contributed by atoms with Crippen LogP contribution >= 0.6 is 0 Å². The predicted octanol–water partition coefficient (Wildman–Crippen LogP) is 6.49. The van der Waals surface area contributed by atoms with E-state index in [9.17, 15) is 39.0 Å². The molecular weight excluding hydrogens is 919 g/mol. The molecule has 0 spiro atoms. The number of hydrogen-bond acceptors (Lipinski definition) is 13. The number of rotatable bonds is 21. The number of primary amides is 1. The highest BCUT2D eigenvalue weighted by Crippen LogP contribution is 2.47. The molecule has 0 aliphatic carbocycles. The monoisotopic (exact) mass is 991 g/mol. The van der Waals surface area contributed by atoms with Crippen molar-refractivity contribution in [1.29, 1.82) is 0 Å². The molecule has 1 aliphatic rings. The van der Waals surface area contributed by atoms with Gasteiger partial charge in [0.1, 0.15) is 41.7 Å². The average molecular weight is 992 g/mol. The number of nitrogens with two attached hydrogens (primary N) is 1. The maximum absolute atomic E-state index is 14.2. The number of hydrogen-bond donors (Lipinski definition) is 7. The first kappa shape index (κ1) is 56.6. The lowest BCUT2D eigenvalue weighted by molar-refractivity contribution is -0.159. The van der Waals surface area contributed by atoms with Crippen LogP contribution in [-0.4, -0.2) is 104 Å². The zero-order chi connectivity index (χ0) is 52.5. The quantitative estimate of drug-likeness (QED) is 0.0343. The van der Waals surface area contributed by atoms with Gasteiger partial charge in [0.2, 0.25) is 11.8 Å². The Morgan fingerprint density at radius 1 is 0.757 bits per heavy atom. The summed E-state index contributed by atoms with van der Waals surface area (Å²) in [5.41, 5.74) is 3.28. The predicted molar refractivity (Wildman–Crippen MR) is 266 cm³/mol. The first-order valence-electron chi connectivity index (χ1n) is 23.5. The highest BCUT2D eigenvalue weighted by atomic mass is 28.4. The third-order valence-electron chi connectivity index (χ3n) is 12.0. The number of anilines is 1. The van der Waals surface area contributed by atoms with Gasteiger partial charge in [-0.2, -0.15) is 0 Å². The fourth-order valence-electron chi connectivity index (χ4n) is 9.03. The van der Waals surface area contributed by atoms with Crippen LogP contribution in [0.4, 0.5) is 15.3 Å². The summed E-state index contributed by atoms with van der Waals surface area (Å²) < 4.78 is 29.0. The Hall–Kier alpha value is -6.02. The number of aliphatic hydroxyl groups is 2. The number of para-hydroxylation sites is 1. The van der Waals surface area contributed by atoms with E-state index in [1.54, 1.807) is 102 Å². The largest absolute Gasteiger partial charge is 0.496 e. The van der Waals surface area contributed by atoms with Gasteiger partial charge in [0.05, 0.1) is 31.9 Å². The zero-order valence-corrected chi connectivity index (χ0v) is 43.7. The molecular formula is C51H73N5O13Si. The number of alkyl carbamates (subject to hydrolysis) is 2. The van der Waals surface area contributed by atoms with Gasteiger partial charge < -0.3 is 60.6 Å². The van der Waals surface area contributed by atoms with Gasteiger partial charge in [0.25, 0.3) is 5.91 Å². The van der Waals surface area contributed by atoms with Crippen molar-refractivity contribution in [3.8, 4) is 16.9 Å². The van der Waals surface area contributed by atoms with Crippen molar-refractivity contribution in [2.45, 2.75) is 160 Å². The van der Waals surface area contributed by atoms with E-state index >= 15 is 0 Å². The Bertz CT molecular complexity index is 2330. The van der Waals surface area contributed by atoms with Crippen LogP contribution in [0, 0.1) is 0 Å². The SMILES string of the molecule is COc1ccc(C[C@H](NC(=O)OCc2ccccc2)C(=O)N[C@@H](CC(N)=O)C(=O)OC(C)(C)C)cc1-c1cccc2c1NC(=O)[C@@]2(O)[C@H](O)[C@@H](CO[Si](C(C)C)(C(C)C)C(C)C)NC(=O)OC(C)(C)C. The smallest absolute Gasteiger partial charge is 0.408 e. The van der Waals surface area contributed by atoms with Crippen LogP contribution in [0.15, 0.2) is 66.7 Å². The standard InChI is InChI=1S/C51H73N5O13Si/c1-29(2)70(30(3)4,31(5)6)67-28-39(55-48(63)69-50(10,11)12)43(58)51(64)36-21-17-20-34(42(36)56-46(51)61)35-24-33(22-23-40(35)65-13)25-37(54-47(62)66-27-32-18-15-14-16-19-32)44(59)53-38(26-41(52)57)45(60)68-49(7,8)9/h14-24,29-31,37-39,43,58,64H,25-28H2,1-13H3,(H2,52,57)(H,53,59)(H,54,62)(H,55,63)(H,56,61)/t37-,38-,39+,43+,51-/m0/s1. The third kappa shape index (κ3) is 14.1. The summed E-state index contributed by atoms with van der Waals surface area (Å²) in [6, 6.07) is 14.2. The molecule has 0 saturated carbocycles. The van der Waals surface area contributed by atoms with Crippen molar-refractivity contribution in [2.24, 2.45) is 5.73 Å². The molecule has 1 heterocycles. The van der Waals surface area contributed by atoms with Crippen molar-refractivity contribution in [2.75, 3.05) is 19.0 Å². The van der Waals surface area contributed by atoms with Gasteiger partial charge in [-0.3, -0.25) is 14.4 Å². The van der Waals surface area contributed by atoms with Crippen LogP contribution in [0.3, 0.4) is 0 Å². The number of aliphatic hydroxyl groups excluding tert-OH is 1. The van der Waals surface area contributed by atoms with Crippen molar-refractivity contribution < 1.29 is 62.4 Å². The van der Waals surface area contributed by atoms with Crippen LogP contribution in [0.2, 0.25) is 16.6 Å². The summed E-state index contributed by atoms with van der Waals surface area (Å²) in [4.78, 5) is 80.2. The van der Waals surface area contributed by atoms with Gasteiger partial charge >= 0.3 is 18.2 Å². The number of benzene rings is 3. The number of esters is 1. The third-order valence-corrected chi connectivity index (χ3v) is 18.1. The summed E-state index contributed by atoms with van der Waals surface area (Å²) in [6.07, 6.45) is -4.61. The van der Waals surface area contributed by atoms with Crippen LogP contribution in [-0.2, 0) is 56.4 Å². The van der Waals surface area contributed by atoms with E-state index in [0.717, 1.165) is 0 Å². The Labute approximate surface area is 412 Å². The molecule has 8 N–H and O–H groups in total. The lowest BCUT2D eigenvalue weighted by Gasteiger charge is -2.44. The van der Waals surface area contributed by atoms with Gasteiger partial charge in [0.15, 0.2) is 13.9 Å². The average Bonchev–Trinajstić information content (AvgIpc) is 3.52. The first-order valence-corrected chi connectivity index (χ1v) is 25.6. The van der Waals surface area contributed by atoms with Crippen LogP contribution < -0.4 is 31.7 Å². The van der Waals surface area contributed by atoms with Crippen molar-refractivity contribution >= 4 is 49.9 Å². The number of nitrogens with one attached hydrogen (secondary N) is 4. The summed E-state index contributed by atoms with van der Waals surface area (Å²) in [5, 5.41) is 35.3. The zero-order valence-electron chi connectivity index (χ0n) is 42.7. The lowest BCUT2D eigenvalue weighted by atomic mass is 9.84. The minimum Gasteiger partial charge on any atom is -0.496 e. The molecule has 0 saturated heterocycles. The van der Waals surface area contributed by atoms with E-state index in [4.69, 9.17) is 29.1 Å². The molecule has 0 radical (unpaired) electrons. The topological polar surface area (TPSA) is 263 Å². The van der Waals surface area contributed by atoms with E-state index in [1.807, 2.05) is 0 Å². The van der Waals surface area contributed by atoms with Gasteiger partial charge in [-0.1, -0.05) is 96.1 Å². The number of carbonyl (C=O) groups excluding carboxylic acids is 6. The molecule has 3 aromatic rings. The van der Waals surface area contributed by atoms with Gasteiger partial charge in [-0.05, 0) is 81.4 Å². The Morgan fingerprint density at radius 3 is 1.93 bits per heavy atom. The van der Waals surface area contributed by atoms with Crippen molar-refractivity contribution in [1.82, 2.24) is 16.0 Å². The van der Waals surface area contributed by atoms with Crippen LogP contribution in [0.25, 0.3) is 11.1 Å². The molecule has 384 valence electrons. The number of methoxy groups -OCH3 is 1. The number of fused-ring (bicyclic) bond motifs is 1. The number of ether oxygens (including phenoxy) is 4. The molecule has 70 heavy (non-hydrogen) atoms. The van der Waals surface area contributed by atoms with E-state index in [0.29, 0.717) is 28.0 Å². The summed E-state index contributed by atoms with van der Waals surface area (Å²) >= 11 is 0. The van der Waals surface area contributed by atoms with E-state index in [1.165, 1.54) is 13.2 Å².